The zero-order chi connectivity index (χ0) is 12.0. The Balaban J connectivity index is 1.85. The van der Waals surface area contributed by atoms with Crippen LogP contribution in [0.15, 0.2) is 0 Å². The molecule has 0 aliphatic carbocycles. The van der Waals surface area contributed by atoms with Gasteiger partial charge in [-0.2, -0.15) is 0 Å². The molecule has 2 unspecified atom stereocenters. The topological polar surface area (TPSA) is 6.48 Å². The lowest BCUT2D eigenvalue weighted by atomic mass is 9.70. The summed E-state index contributed by atoms with van der Waals surface area (Å²) in [6.07, 6.45) is 5.81. The third kappa shape index (κ3) is 1.76. The van der Waals surface area contributed by atoms with E-state index in [1.165, 1.54) is 51.9 Å². The lowest BCUT2D eigenvalue weighted by Crippen LogP contribution is -2.66. The molecule has 0 amide bonds. The minimum absolute atomic E-state index is 0.570. The molecule has 2 heteroatoms. The fraction of sp³-hybridized carbons (Fsp3) is 1.00. The zero-order valence-electron chi connectivity index (χ0n) is 11.8. The zero-order valence-corrected chi connectivity index (χ0v) is 11.8. The van der Waals surface area contributed by atoms with Crippen LogP contribution in [-0.4, -0.2) is 47.6 Å². The Morgan fingerprint density at radius 1 is 1.06 bits per heavy atom. The first-order valence-corrected chi connectivity index (χ1v) is 7.62. The van der Waals surface area contributed by atoms with Crippen LogP contribution in [-0.2, 0) is 0 Å². The second-order valence-electron chi connectivity index (χ2n) is 6.94. The molecule has 0 aromatic heterocycles. The molecule has 0 saturated carbocycles. The normalized spacial score (nSPS) is 43.8. The van der Waals surface area contributed by atoms with Crippen molar-refractivity contribution in [1.82, 2.24) is 9.80 Å². The average Bonchev–Trinajstić information content (AvgIpc) is 2.73. The Morgan fingerprint density at radius 3 is 2.29 bits per heavy atom. The monoisotopic (exact) mass is 236 g/mol. The summed E-state index contributed by atoms with van der Waals surface area (Å²) in [5.74, 6) is 1.79. The van der Waals surface area contributed by atoms with Gasteiger partial charge in [0.05, 0.1) is 0 Å². The van der Waals surface area contributed by atoms with Crippen molar-refractivity contribution >= 4 is 0 Å². The van der Waals surface area contributed by atoms with Crippen molar-refractivity contribution in [2.75, 3.05) is 26.2 Å². The summed E-state index contributed by atoms with van der Waals surface area (Å²) in [5.41, 5.74) is 0.570. The van der Waals surface area contributed by atoms with E-state index in [2.05, 4.69) is 30.6 Å². The second-order valence-corrected chi connectivity index (χ2v) is 6.94. The molecular weight excluding hydrogens is 208 g/mol. The number of piperidine rings is 3. The van der Waals surface area contributed by atoms with E-state index in [1.807, 2.05) is 0 Å². The van der Waals surface area contributed by atoms with Crippen molar-refractivity contribution in [3.8, 4) is 0 Å². The summed E-state index contributed by atoms with van der Waals surface area (Å²) in [4.78, 5) is 5.62. The van der Waals surface area contributed by atoms with E-state index in [1.54, 1.807) is 0 Å². The van der Waals surface area contributed by atoms with Crippen molar-refractivity contribution in [3.05, 3.63) is 0 Å². The molecule has 98 valence electrons. The number of fused-ring (bicyclic) bond motifs is 2. The molecule has 4 aliphatic rings. The molecule has 4 fully saturated rings. The number of nitrogens with zero attached hydrogens (tertiary/aromatic N) is 2. The van der Waals surface area contributed by atoms with Gasteiger partial charge >= 0.3 is 0 Å². The fourth-order valence-electron chi connectivity index (χ4n) is 4.64. The first-order valence-electron chi connectivity index (χ1n) is 7.62. The molecule has 4 saturated heterocycles. The molecule has 4 rings (SSSR count). The van der Waals surface area contributed by atoms with E-state index in [4.69, 9.17) is 0 Å². The van der Waals surface area contributed by atoms with Crippen LogP contribution in [0.2, 0.25) is 0 Å². The van der Waals surface area contributed by atoms with E-state index in [-0.39, 0.29) is 0 Å². The number of hydrogen-bond donors (Lipinski definition) is 0. The van der Waals surface area contributed by atoms with Crippen molar-refractivity contribution in [1.29, 1.82) is 0 Å². The molecule has 0 aromatic rings. The Labute approximate surface area is 106 Å². The Morgan fingerprint density at radius 2 is 1.76 bits per heavy atom. The lowest BCUT2D eigenvalue weighted by molar-refractivity contribution is -0.0715. The lowest BCUT2D eigenvalue weighted by Gasteiger charge is -2.57. The third-order valence-electron chi connectivity index (χ3n) is 5.88. The predicted molar refractivity (Wildman–Crippen MR) is 72.1 cm³/mol. The van der Waals surface area contributed by atoms with Gasteiger partial charge in [0, 0.05) is 18.1 Å². The van der Waals surface area contributed by atoms with E-state index in [0.717, 1.165) is 17.9 Å². The van der Waals surface area contributed by atoms with Gasteiger partial charge in [-0.1, -0.05) is 13.8 Å². The van der Waals surface area contributed by atoms with Crippen LogP contribution in [0, 0.1) is 11.8 Å². The molecule has 2 bridgehead atoms. The summed E-state index contributed by atoms with van der Waals surface area (Å²) >= 11 is 0. The van der Waals surface area contributed by atoms with Crippen LogP contribution in [0.4, 0.5) is 0 Å². The van der Waals surface area contributed by atoms with Gasteiger partial charge in [-0.25, -0.2) is 0 Å². The molecule has 4 heterocycles. The van der Waals surface area contributed by atoms with Crippen LogP contribution in [0.25, 0.3) is 0 Å². The van der Waals surface area contributed by atoms with Gasteiger partial charge in [-0.3, -0.25) is 4.90 Å². The molecule has 1 spiro atoms. The summed E-state index contributed by atoms with van der Waals surface area (Å²) < 4.78 is 0. The molecule has 0 radical (unpaired) electrons. The SMILES string of the molecule is CC(C)C(C)N1CCCC12CN1CCC2CC1. The van der Waals surface area contributed by atoms with Crippen LogP contribution < -0.4 is 0 Å². The van der Waals surface area contributed by atoms with Crippen LogP contribution in [0.5, 0.6) is 0 Å². The Bertz CT molecular complexity index is 281. The van der Waals surface area contributed by atoms with Crippen molar-refractivity contribution < 1.29 is 0 Å². The molecule has 2 atom stereocenters. The predicted octanol–water partition coefficient (Wildman–Crippen LogP) is 2.59. The molecule has 17 heavy (non-hydrogen) atoms. The molecule has 0 aromatic carbocycles. The smallest absolute Gasteiger partial charge is 0.0368 e. The molecule has 0 N–H and O–H groups in total. The Hall–Kier alpha value is -0.0800. The summed E-state index contributed by atoms with van der Waals surface area (Å²) in [7, 11) is 0. The van der Waals surface area contributed by atoms with Gasteiger partial charge in [0.1, 0.15) is 0 Å². The van der Waals surface area contributed by atoms with Gasteiger partial charge < -0.3 is 4.90 Å². The maximum Gasteiger partial charge on any atom is 0.0368 e. The van der Waals surface area contributed by atoms with Crippen molar-refractivity contribution in [2.24, 2.45) is 11.8 Å². The second kappa shape index (κ2) is 4.24. The van der Waals surface area contributed by atoms with E-state index >= 15 is 0 Å². The number of hydrogen-bond acceptors (Lipinski definition) is 2. The minimum Gasteiger partial charge on any atom is -0.301 e. The van der Waals surface area contributed by atoms with Gasteiger partial charge in [0.25, 0.3) is 0 Å². The maximum atomic E-state index is 2.90. The van der Waals surface area contributed by atoms with E-state index in [0.29, 0.717) is 5.54 Å². The summed E-state index contributed by atoms with van der Waals surface area (Å²) in [5, 5.41) is 0. The first kappa shape index (κ1) is 12.0. The van der Waals surface area contributed by atoms with Crippen LogP contribution in [0.1, 0.15) is 46.5 Å². The molecular formula is C15H28N2. The van der Waals surface area contributed by atoms with Crippen LogP contribution in [0.3, 0.4) is 0 Å². The van der Waals surface area contributed by atoms with Gasteiger partial charge in [0.2, 0.25) is 0 Å². The highest BCUT2D eigenvalue weighted by molar-refractivity contribution is 5.09. The van der Waals surface area contributed by atoms with Crippen LogP contribution >= 0.6 is 0 Å². The van der Waals surface area contributed by atoms with Gasteiger partial charge in [-0.15, -0.1) is 0 Å². The highest BCUT2D eigenvalue weighted by Gasteiger charge is 2.53. The quantitative estimate of drug-likeness (QED) is 0.727. The number of rotatable bonds is 2. The third-order valence-corrected chi connectivity index (χ3v) is 5.88. The van der Waals surface area contributed by atoms with E-state index in [9.17, 15) is 0 Å². The van der Waals surface area contributed by atoms with Gasteiger partial charge in [0.15, 0.2) is 0 Å². The van der Waals surface area contributed by atoms with Crippen molar-refractivity contribution in [3.63, 3.8) is 0 Å². The summed E-state index contributed by atoms with van der Waals surface area (Å²) in [6, 6.07) is 0.762. The highest BCUT2D eigenvalue weighted by atomic mass is 15.3. The fourth-order valence-corrected chi connectivity index (χ4v) is 4.64. The Kier molecular flexibility index (Phi) is 2.99. The summed E-state index contributed by atoms with van der Waals surface area (Å²) in [6.45, 7) is 12.7. The first-order chi connectivity index (χ1) is 8.13. The molecule has 2 nitrogen and oxygen atoms in total. The molecule has 4 aliphatic heterocycles. The van der Waals surface area contributed by atoms with Crippen molar-refractivity contribution in [2.45, 2.75) is 58.0 Å². The average molecular weight is 236 g/mol. The minimum atomic E-state index is 0.570. The standard InChI is InChI=1S/C15H28N2/c1-12(2)13(3)17-8-4-7-15(17)11-16-9-5-14(15)6-10-16/h12-14H,4-11H2,1-3H3. The van der Waals surface area contributed by atoms with Gasteiger partial charge in [-0.05, 0) is 64.1 Å². The van der Waals surface area contributed by atoms with E-state index < -0.39 is 0 Å². The highest BCUT2D eigenvalue weighted by Crippen LogP contribution is 2.47. The number of likely N-dealkylation sites (tertiary alicyclic amines) is 1. The maximum absolute atomic E-state index is 2.90. The largest absolute Gasteiger partial charge is 0.301 e.